The number of hydrogen-bond donors (Lipinski definition) is 3. The summed E-state index contributed by atoms with van der Waals surface area (Å²) >= 11 is 0. The Balaban J connectivity index is 2.17. The molecule has 0 saturated carbocycles. The first kappa shape index (κ1) is 10.9. The Morgan fingerprint density at radius 3 is 2.88 bits per heavy atom. The number of amides is 1. The molecular weight excluding hydrogens is 224 g/mol. The Labute approximate surface area is 96.2 Å². The van der Waals surface area contributed by atoms with Crippen molar-refractivity contribution >= 4 is 17.6 Å². The van der Waals surface area contributed by atoms with Crippen molar-refractivity contribution in [2.24, 2.45) is 0 Å². The molecule has 0 atom stereocenters. The summed E-state index contributed by atoms with van der Waals surface area (Å²) < 4.78 is 4.73. The summed E-state index contributed by atoms with van der Waals surface area (Å²) in [6.45, 7) is 1.63. The van der Waals surface area contributed by atoms with E-state index in [2.05, 4.69) is 15.5 Å². The molecule has 0 aliphatic carbocycles. The van der Waals surface area contributed by atoms with Crippen LogP contribution in [0.25, 0.3) is 0 Å². The molecule has 2 rings (SSSR count). The predicted molar refractivity (Wildman–Crippen MR) is 59.5 cm³/mol. The molecule has 0 radical (unpaired) electrons. The van der Waals surface area contributed by atoms with Gasteiger partial charge in [-0.25, -0.2) is 0 Å². The molecule has 0 saturated heterocycles. The maximum atomic E-state index is 11.7. The van der Waals surface area contributed by atoms with E-state index in [0.29, 0.717) is 5.82 Å². The second kappa shape index (κ2) is 4.12. The number of rotatable bonds is 2. The molecule has 0 aliphatic heterocycles. The van der Waals surface area contributed by atoms with Crippen LogP contribution in [-0.4, -0.2) is 21.2 Å². The number of benzene rings is 1. The molecule has 0 bridgehead atoms. The molecular formula is C10H10N4O3. The minimum absolute atomic E-state index is 0.00353. The van der Waals surface area contributed by atoms with Gasteiger partial charge < -0.3 is 15.4 Å². The molecule has 1 aromatic carbocycles. The lowest BCUT2D eigenvalue weighted by molar-refractivity contribution is 0.102. The number of anilines is 2. The van der Waals surface area contributed by atoms with E-state index in [9.17, 15) is 9.90 Å². The van der Waals surface area contributed by atoms with Gasteiger partial charge in [-0.15, -0.1) is 0 Å². The van der Waals surface area contributed by atoms with E-state index in [1.807, 2.05) is 0 Å². The first-order valence-electron chi connectivity index (χ1n) is 4.76. The third-order valence-corrected chi connectivity index (χ3v) is 2.04. The van der Waals surface area contributed by atoms with Crippen LogP contribution >= 0.6 is 0 Å². The van der Waals surface area contributed by atoms with E-state index in [-0.39, 0.29) is 23.0 Å². The van der Waals surface area contributed by atoms with Crippen molar-refractivity contribution in [3.05, 3.63) is 29.6 Å². The maximum Gasteiger partial charge on any atom is 0.328 e. The van der Waals surface area contributed by atoms with Gasteiger partial charge in [0, 0.05) is 5.56 Å². The van der Waals surface area contributed by atoms with Crippen molar-refractivity contribution in [1.29, 1.82) is 0 Å². The monoisotopic (exact) mass is 234 g/mol. The van der Waals surface area contributed by atoms with Gasteiger partial charge in [-0.3, -0.25) is 10.1 Å². The van der Waals surface area contributed by atoms with Crippen LogP contribution in [-0.2, 0) is 0 Å². The lowest BCUT2D eigenvalue weighted by Gasteiger charge is -2.02. The number of carbonyl (C=O) groups is 1. The third kappa shape index (κ3) is 2.33. The van der Waals surface area contributed by atoms with Crippen molar-refractivity contribution in [2.75, 3.05) is 11.1 Å². The molecule has 1 aromatic heterocycles. The minimum atomic E-state index is -0.469. The van der Waals surface area contributed by atoms with Gasteiger partial charge in [-0.2, -0.15) is 4.98 Å². The number of aromatic nitrogens is 2. The first-order chi connectivity index (χ1) is 8.06. The fourth-order valence-electron chi connectivity index (χ4n) is 1.20. The predicted octanol–water partition coefficient (Wildman–Crippen LogP) is 0.918. The number of phenolic OH excluding ortho intramolecular Hbond substituents is 1. The molecule has 2 aromatic rings. The fourth-order valence-corrected chi connectivity index (χ4v) is 1.20. The minimum Gasteiger partial charge on any atom is -0.506 e. The number of nitrogen functional groups attached to an aromatic ring is 1. The third-order valence-electron chi connectivity index (χ3n) is 2.04. The van der Waals surface area contributed by atoms with Gasteiger partial charge in [0.15, 0.2) is 5.82 Å². The van der Waals surface area contributed by atoms with Crippen LogP contribution in [0.4, 0.5) is 11.7 Å². The molecule has 7 heteroatoms. The van der Waals surface area contributed by atoms with Crippen LogP contribution in [0.1, 0.15) is 16.2 Å². The highest BCUT2D eigenvalue weighted by atomic mass is 16.5. The molecule has 88 valence electrons. The average molecular weight is 234 g/mol. The van der Waals surface area contributed by atoms with Crippen LogP contribution < -0.4 is 11.1 Å². The van der Waals surface area contributed by atoms with E-state index >= 15 is 0 Å². The Bertz CT molecular complexity index is 564. The number of phenols is 1. The Morgan fingerprint density at radius 2 is 2.29 bits per heavy atom. The summed E-state index contributed by atoms with van der Waals surface area (Å²) in [6, 6.07) is 4.17. The summed E-state index contributed by atoms with van der Waals surface area (Å²) in [6.07, 6.45) is 0. The van der Waals surface area contributed by atoms with E-state index in [4.69, 9.17) is 10.3 Å². The van der Waals surface area contributed by atoms with Gasteiger partial charge in [0.1, 0.15) is 5.75 Å². The summed E-state index contributed by atoms with van der Waals surface area (Å²) in [7, 11) is 0. The summed E-state index contributed by atoms with van der Waals surface area (Å²) in [5.74, 6) is -0.205. The number of hydrogen-bond acceptors (Lipinski definition) is 6. The molecule has 17 heavy (non-hydrogen) atoms. The normalized spacial score (nSPS) is 10.2. The van der Waals surface area contributed by atoms with Crippen LogP contribution in [0.15, 0.2) is 22.7 Å². The largest absolute Gasteiger partial charge is 0.506 e. The van der Waals surface area contributed by atoms with Crippen LogP contribution in [0.2, 0.25) is 0 Å². The number of carbonyl (C=O) groups excluding carboxylic acids is 1. The molecule has 1 heterocycles. The maximum absolute atomic E-state index is 11.7. The summed E-state index contributed by atoms with van der Waals surface area (Å²) in [4.78, 5) is 15.5. The van der Waals surface area contributed by atoms with E-state index < -0.39 is 5.91 Å². The van der Waals surface area contributed by atoms with E-state index in [1.54, 1.807) is 6.92 Å². The summed E-state index contributed by atoms with van der Waals surface area (Å²) in [5.41, 5.74) is 5.87. The highest BCUT2D eigenvalue weighted by Crippen LogP contribution is 2.21. The zero-order chi connectivity index (χ0) is 12.4. The van der Waals surface area contributed by atoms with Crippen LogP contribution in [0.5, 0.6) is 5.75 Å². The molecule has 0 fully saturated rings. The van der Waals surface area contributed by atoms with E-state index in [0.717, 1.165) is 0 Å². The molecule has 1 amide bonds. The van der Waals surface area contributed by atoms with Gasteiger partial charge in [0.2, 0.25) is 0 Å². The second-order valence-electron chi connectivity index (χ2n) is 3.37. The molecule has 7 nitrogen and oxygen atoms in total. The standard InChI is InChI=1S/C10H10N4O3/c1-5-12-10(17-14-5)13-9(16)6-2-3-7(11)8(15)4-6/h2-4,15H,11H2,1H3,(H,12,13,14,16). The zero-order valence-electron chi connectivity index (χ0n) is 8.97. The highest BCUT2D eigenvalue weighted by molar-refractivity contribution is 6.03. The van der Waals surface area contributed by atoms with Gasteiger partial charge in [-0.05, 0) is 25.1 Å². The van der Waals surface area contributed by atoms with Crippen molar-refractivity contribution in [3.63, 3.8) is 0 Å². The van der Waals surface area contributed by atoms with Gasteiger partial charge in [0.05, 0.1) is 5.69 Å². The highest BCUT2D eigenvalue weighted by Gasteiger charge is 2.11. The smallest absolute Gasteiger partial charge is 0.328 e. The van der Waals surface area contributed by atoms with Crippen molar-refractivity contribution in [3.8, 4) is 5.75 Å². The lowest BCUT2D eigenvalue weighted by Crippen LogP contribution is -2.12. The number of nitrogens with zero attached hydrogens (tertiary/aromatic N) is 2. The fraction of sp³-hybridized carbons (Fsp3) is 0.100. The first-order valence-corrected chi connectivity index (χ1v) is 4.76. The van der Waals surface area contributed by atoms with Gasteiger partial charge >= 0.3 is 6.01 Å². The molecule has 0 unspecified atom stereocenters. The molecule has 4 N–H and O–H groups in total. The van der Waals surface area contributed by atoms with Crippen LogP contribution in [0.3, 0.4) is 0 Å². The molecule has 0 aliphatic rings. The number of aryl methyl sites for hydroxylation is 1. The second-order valence-corrected chi connectivity index (χ2v) is 3.37. The topological polar surface area (TPSA) is 114 Å². The molecule has 0 spiro atoms. The Kier molecular flexibility index (Phi) is 2.65. The van der Waals surface area contributed by atoms with Gasteiger partial charge in [0.25, 0.3) is 5.91 Å². The van der Waals surface area contributed by atoms with Crippen molar-refractivity contribution in [2.45, 2.75) is 6.92 Å². The quantitative estimate of drug-likeness (QED) is 0.525. The van der Waals surface area contributed by atoms with Crippen molar-refractivity contribution in [1.82, 2.24) is 10.1 Å². The summed E-state index contributed by atoms with van der Waals surface area (Å²) in [5, 5.41) is 15.3. The van der Waals surface area contributed by atoms with E-state index in [1.165, 1.54) is 18.2 Å². The van der Waals surface area contributed by atoms with Crippen molar-refractivity contribution < 1.29 is 14.4 Å². The number of nitrogens with one attached hydrogen (secondary N) is 1. The SMILES string of the molecule is Cc1noc(NC(=O)c2ccc(N)c(O)c2)n1. The zero-order valence-corrected chi connectivity index (χ0v) is 8.97. The van der Waals surface area contributed by atoms with Crippen LogP contribution in [0, 0.1) is 6.92 Å². The van der Waals surface area contributed by atoms with Gasteiger partial charge in [-0.1, -0.05) is 5.16 Å². The lowest BCUT2D eigenvalue weighted by atomic mass is 10.2. The number of aromatic hydroxyl groups is 1. The Morgan fingerprint density at radius 1 is 1.53 bits per heavy atom. The average Bonchev–Trinajstić information content (AvgIpc) is 2.68. The Hall–Kier alpha value is -2.57. The number of nitrogens with two attached hydrogens (primary N) is 1.